The van der Waals surface area contributed by atoms with Gasteiger partial charge in [-0.1, -0.05) is 0 Å². The summed E-state index contributed by atoms with van der Waals surface area (Å²) in [6.45, 7) is 1.18. The molecule has 2 aromatic heterocycles. The monoisotopic (exact) mass is 379 g/mol. The molecule has 7 nitrogen and oxygen atoms in total. The highest BCUT2D eigenvalue weighted by Gasteiger charge is 2.28. The van der Waals surface area contributed by atoms with Crippen LogP contribution in [0, 0.1) is 5.82 Å². The molecular formula is C20H18FN5O2. The molecule has 3 aromatic rings. The summed E-state index contributed by atoms with van der Waals surface area (Å²) < 4.78 is 18.9. The number of nitrogens with zero attached hydrogens (tertiary/aromatic N) is 5. The Kier molecular flexibility index (Phi) is 5.18. The summed E-state index contributed by atoms with van der Waals surface area (Å²) in [6, 6.07) is 5.77. The van der Waals surface area contributed by atoms with Gasteiger partial charge in [0, 0.05) is 43.8 Å². The Morgan fingerprint density at radius 2 is 1.71 bits per heavy atom. The van der Waals surface area contributed by atoms with Crippen LogP contribution in [0.4, 0.5) is 4.39 Å². The first kappa shape index (κ1) is 18.0. The Hall–Kier alpha value is -3.42. The maximum atomic E-state index is 13.1. The number of hydrogen-bond donors (Lipinski definition) is 0. The van der Waals surface area contributed by atoms with Crippen LogP contribution in [0.2, 0.25) is 0 Å². The van der Waals surface area contributed by atoms with Gasteiger partial charge in [-0.15, -0.1) is 0 Å². The van der Waals surface area contributed by atoms with E-state index >= 15 is 0 Å². The Bertz CT molecular complexity index is 944. The Balaban J connectivity index is 1.45. The molecule has 3 heterocycles. The minimum absolute atomic E-state index is 0.117. The lowest BCUT2D eigenvalue weighted by molar-refractivity contribution is 0.0705. The molecule has 0 N–H and O–H groups in total. The third-order valence-corrected chi connectivity index (χ3v) is 4.67. The molecule has 0 spiro atoms. The van der Waals surface area contributed by atoms with E-state index in [0.29, 0.717) is 30.4 Å². The van der Waals surface area contributed by atoms with Crippen molar-refractivity contribution in [3.8, 4) is 11.6 Å². The lowest BCUT2D eigenvalue weighted by Gasteiger charge is -2.31. The van der Waals surface area contributed by atoms with Crippen molar-refractivity contribution in [3.63, 3.8) is 0 Å². The second-order valence-corrected chi connectivity index (χ2v) is 6.46. The highest BCUT2D eigenvalue weighted by Crippen LogP contribution is 2.33. The summed E-state index contributed by atoms with van der Waals surface area (Å²) in [5, 5.41) is 0. The first-order valence-corrected chi connectivity index (χ1v) is 9.00. The van der Waals surface area contributed by atoms with Crippen LogP contribution < -0.4 is 4.74 Å². The molecule has 4 rings (SSSR count). The van der Waals surface area contributed by atoms with E-state index in [1.54, 1.807) is 35.6 Å². The molecule has 28 heavy (non-hydrogen) atoms. The van der Waals surface area contributed by atoms with Crippen molar-refractivity contribution in [2.24, 2.45) is 0 Å². The van der Waals surface area contributed by atoms with Crippen LogP contribution in [-0.2, 0) is 0 Å². The number of rotatable bonds is 4. The van der Waals surface area contributed by atoms with Crippen molar-refractivity contribution in [3.05, 3.63) is 72.5 Å². The second kappa shape index (κ2) is 8.08. The number of hydrogen-bond acceptors (Lipinski definition) is 6. The summed E-state index contributed by atoms with van der Waals surface area (Å²) in [5.74, 6) is 0.585. The van der Waals surface area contributed by atoms with Gasteiger partial charge in [0.1, 0.15) is 23.0 Å². The minimum atomic E-state index is -0.327. The van der Waals surface area contributed by atoms with E-state index in [9.17, 15) is 9.18 Å². The summed E-state index contributed by atoms with van der Waals surface area (Å²) in [6.07, 6.45) is 9.21. The quantitative estimate of drug-likeness (QED) is 0.692. The molecule has 142 valence electrons. The predicted molar refractivity (Wildman–Crippen MR) is 98.4 cm³/mol. The number of likely N-dealkylation sites (tertiary alicyclic amines) is 1. The van der Waals surface area contributed by atoms with Crippen LogP contribution in [0.25, 0.3) is 0 Å². The molecule has 0 radical (unpaired) electrons. The molecule has 1 amide bonds. The Morgan fingerprint density at radius 1 is 1.00 bits per heavy atom. The molecule has 0 saturated carbocycles. The van der Waals surface area contributed by atoms with Gasteiger partial charge in [0.25, 0.3) is 5.91 Å². The molecule has 1 aromatic carbocycles. The molecule has 0 atom stereocenters. The highest BCUT2D eigenvalue weighted by atomic mass is 19.1. The van der Waals surface area contributed by atoms with Crippen LogP contribution in [0.15, 0.2) is 55.2 Å². The van der Waals surface area contributed by atoms with Crippen molar-refractivity contribution in [1.82, 2.24) is 24.8 Å². The number of carbonyl (C=O) groups is 1. The number of halogens is 1. The minimum Gasteiger partial charge on any atom is -0.437 e. The average molecular weight is 379 g/mol. The Morgan fingerprint density at radius 3 is 2.43 bits per heavy atom. The molecule has 0 unspecified atom stereocenters. The van der Waals surface area contributed by atoms with Gasteiger partial charge < -0.3 is 9.64 Å². The highest BCUT2D eigenvalue weighted by molar-refractivity contribution is 5.92. The summed E-state index contributed by atoms with van der Waals surface area (Å²) in [7, 11) is 0. The number of benzene rings is 1. The first-order valence-electron chi connectivity index (χ1n) is 9.00. The molecule has 0 aliphatic carbocycles. The van der Waals surface area contributed by atoms with Gasteiger partial charge in [-0.25, -0.2) is 14.4 Å². The van der Waals surface area contributed by atoms with Crippen LogP contribution in [0.1, 0.15) is 34.9 Å². The fraction of sp³-hybridized carbons (Fsp3) is 0.250. The van der Waals surface area contributed by atoms with Gasteiger partial charge in [-0.3, -0.25) is 14.8 Å². The van der Waals surface area contributed by atoms with E-state index < -0.39 is 0 Å². The fourth-order valence-corrected chi connectivity index (χ4v) is 3.24. The third-order valence-electron chi connectivity index (χ3n) is 4.67. The van der Waals surface area contributed by atoms with E-state index in [-0.39, 0.29) is 17.6 Å². The van der Waals surface area contributed by atoms with Crippen molar-refractivity contribution in [2.45, 2.75) is 18.8 Å². The molecular weight excluding hydrogens is 361 g/mol. The molecule has 0 bridgehead atoms. The van der Waals surface area contributed by atoms with Crippen molar-refractivity contribution >= 4 is 5.91 Å². The van der Waals surface area contributed by atoms with Gasteiger partial charge in [0.15, 0.2) is 0 Å². The van der Waals surface area contributed by atoms with Crippen molar-refractivity contribution < 1.29 is 13.9 Å². The van der Waals surface area contributed by atoms with E-state index in [0.717, 1.165) is 18.5 Å². The van der Waals surface area contributed by atoms with Gasteiger partial charge in [0.05, 0.1) is 6.20 Å². The van der Waals surface area contributed by atoms with Crippen molar-refractivity contribution in [1.29, 1.82) is 0 Å². The summed E-state index contributed by atoms with van der Waals surface area (Å²) in [4.78, 5) is 31.1. The van der Waals surface area contributed by atoms with Crippen LogP contribution >= 0.6 is 0 Å². The van der Waals surface area contributed by atoms with Crippen LogP contribution in [0.5, 0.6) is 11.6 Å². The van der Waals surface area contributed by atoms with Gasteiger partial charge in [-0.05, 0) is 37.1 Å². The summed E-state index contributed by atoms with van der Waals surface area (Å²) in [5.41, 5.74) is 1.10. The van der Waals surface area contributed by atoms with Gasteiger partial charge in [-0.2, -0.15) is 0 Å². The van der Waals surface area contributed by atoms with E-state index in [1.807, 2.05) is 0 Å². The number of carbonyl (C=O) groups excluding carboxylic acids is 1. The standard InChI is InChI=1S/C20H18FN5O2/c21-15-1-3-16(4-2-15)28-19-18(24-9-10-25-19)14-5-11-26(12-6-14)20(27)17-13-22-7-8-23-17/h1-4,7-10,13-14H,5-6,11-12H2. The van der Waals surface area contributed by atoms with E-state index in [2.05, 4.69) is 19.9 Å². The third kappa shape index (κ3) is 3.95. The normalized spacial score (nSPS) is 14.7. The number of aromatic nitrogens is 4. The smallest absolute Gasteiger partial charge is 0.274 e. The largest absolute Gasteiger partial charge is 0.437 e. The predicted octanol–water partition coefficient (Wildman–Crippen LogP) is 3.22. The molecule has 1 aliphatic heterocycles. The molecule has 1 aliphatic rings. The van der Waals surface area contributed by atoms with E-state index in [4.69, 9.17) is 4.74 Å². The molecule has 1 saturated heterocycles. The molecule has 8 heteroatoms. The fourth-order valence-electron chi connectivity index (χ4n) is 3.24. The zero-order valence-corrected chi connectivity index (χ0v) is 15.0. The maximum Gasteiger partial charge on any atom is 0.274 e. The van der Waals surface area contributed by atoms with Gasteiger partial charge in [0.2, 0.25) is 5.88 Å². The van der Waals surface area contributed by atoms with Gasteiger partial charge >= 0.3 is 0 Å². The van der Waals surface area contributed by atoms with Crippen LogP contribution in [-0.4, -0.2) is 43.8 Å². The first-order chi connectivity index (χ1) is 13.7. The number of piperidine rings is 1. The van der Waals surface area contributed by atoms with Crippen molar-refractivity contribution in [2.75, 3.05) is 13.1 Å². The topological polar surface area (TPSA) is 81.1 Å². The number of ether oxygens (including phenoxy) is 1. The average Bonchev–Trinajstić information content (AvgIpc) is 2.76. The lowest BCUT2D eigenvalue weighted by atomic mass is 9.93. The Labute approximate surface area is 161 Å². The lowest BCUT2D eigenvalue weighted by Crippen LogP contribution is -2.38. The number of amides is 1. The summed E-state index contributed by atoms with van der Waals surface area (Å²) >= 11 is 0. The SMILES string of the molecule is O=C(c1cnccn1)N1CCC(c2nccnc2Oc2ccc(F)cc2)CC1. The van der Waals surface area contributed by atoms with Crippen LogP contribution in [0.3, 0.4) is 0 Å². The zero-order chi connectivity index (χ0) is 19.3. The maximum absolute atomic E-state index is 13.1. The second-order valence-electron chi connectivity index (χ2n) is 6.46. The zero-order valence-electron chi connectivity index (χ0n) is 15.0. The molecule has 1 fully saturated rings. The van der Waals surface area contributed by atoms with E-state index in [1.165, 1.54) is 24.5 Å².